The summed E-state index contributed by atoms with van der Waals surface area (Å²) < 4.78 is 37.2. The summed E-state index contributed by atoms with van der Waals surface area (Å²) in [4.78, 5) is 27.9. The highest BCUT2D eigenvalue weighted by atomic mass is 35.5. The average molecular weight is 540 g/mol. The lowest BCUT2D eigenvalue weighted by Crippen LogP contribution is -2.52. The maximum atomic E-state index is 13.6. The van der Waals surface area contributed by atoms with Gasteiger partial charge < -0.3 is 19.7 Å². The van der Waals surface area contributed by atoms with Crippen molar-refractivity contribution in [1.29, 1.82) is 0 Å². The molecule has 2 aromatic rings. The fraction of sp³-hybridized carbons (Fsp3) is 0.440. The minimum absolute atomic E-state index is 0.0813. The third kappa shape index (κ3) is 7.76. The molecule has 11 heteroatoms. The van der Waals surface area contributed by atoms with E-state index < -0.39 is 28.5 Å². The molecule has 0 saturated carbocycles. The Morgan fingerprint density at radius 1 is 1.06 bits per heavy atom. The molecule has 0 aliphatic carbocycles. The van der Waals surface area contributed by atoms with Crippen LogP contribution in [0, 0.1) is 0 Å². The summed E-state index contributed by atoms with van der Waals surface area (Å²) in [5.74, 6) is -0.254. The van der Waals surface area contributed by atoms with Gasteiger partial charge in [-0.05, 0) is 50.1 Å². The number of sulfonamides is 1. The van der Waals surface area contributed by atoms with Crippen molar-refractivity contribution in [1.82, 2.24) is 10.2 Å². The number of carbonyl (C=O) groups is 2. The molecule has 0 bridgehead atoms. The van der Waals surface area contributed by atoms with Crippen molar-refractivity contribution in [3.63, 3.8) is 0 Å². The maximum Gasteiger partial charge on any atom is 0.244 e. The van der Waals surface area contributed by atoms with Gasteiger partial charge in [0.1, 0.15) is 24.1 Å². The van der Waals surface area contributed by atoms with E-state index >= 15 is 0 Å². The second kappa shape index (κ2) is 12.8. The Hall–Kier alpha value is -2.98. The first-order valence-corrected chi connectivity index (χ1v) is 13.7. The van der Waals surface area contributed by atoms with Gasteiger partial charge in [-0.3, -0.25) is 13.9 Å². The van der Waals surface area contributed by atoms with Crippen LogP contribution in [0.15, 0.2) is 42.5 Å². The summed E-state index contributed by atoms with van der Waals surface area (Å²) in [6.07, 6.45) is 1.73. The number of halogens is 1. The molecular weight excluding hydrogens is 506 g/mol. The molecule has 0 aliphatic rings. The van der Waals surface area contributed by atoms with Crippen molar-refractivity contribution >= 4 is 39.1 Å². The van der Waals surface area contributed by atoms with E-state index in [1.807, 2.05) is 13.8 Å². The third-order valence-corrected chi connectivity index (χ3v) is 7.15. The first kappa shape index (κ1) is 29.3. The zero-order chi connectivity index (χ0) is 27.0. The number of amides is 2. The van der Waals surface area contributed by atoms with E-state index in [9.17, 15) is 18.0 Å². The van der Waals surface area contributed by atoms with Crippen LogP contribution in [-0.4, -0.2) is 64.2 Å². The number of nitrogens with one attached hydrogen (secondary N) is 1. The van der Waals surface area contributed by atoms with Gasteiger partial charge in [-0.1, -0.05) is 30.7 Å². The number of benzene rings is 2. The molecule has 0 fully saturated rings. The molecule has 0 spiro atoms. The van der Waals surface area contributed by atoms with Crippen LogP contribution in [0.4, 0.5) is 5.69 Å². The van der Waals surface area contributed by atoms with Gasteiger partial charge in [-0.2, -0.15) is 0 Å². The summed E-state index contributed by atoms with van der Waals surface area (Å²) >= 11 is 6.00. The summed E-state index contributed by atoms with van der Waals surface area (Å²) in [5.41, 5.74) is 0.886. The molecule has 0 aliphatic heterocycles. The second-order valence-corrected chi connectivity index (χ2v) is 10.8. The smallest absolute Gasteiger partial charge is 0.244 e. The number of hydrogen-bond acceptors (Lipinski definition) is 6. The minimum atomic E-state index is -3.92. The number of nitrogens with zero attached hydrogens (tertiary/aromatic N) is 2. The van der Waals surface area contributed by atoms with Crippen molar-refractivity contribution in [2.75, 3.05) is 31.3 Å². The molecule has 2 aromatic carbocycles. The molecule has 2 unspecified atom stereocenters. The topological polar surface area (TPSA) is 105 Å². The second-order valence-electron chi connectivity index (χ2n) is 8.45. The van der Waals surface area contributed by atoms with E-state index in [-0.39, 0.29) is 29.9 Å². The van der Waals surface area contributed by atoms with Crippen LogP contribution in [0.2, 0.25) is 5.02 Å². The first-order chi connectivity index (χ1) is 16.9. The first-order valence-electron chi connectivity index (χ1n) is 11.4. The minimum Gasteiger partial charge on any atom is -0.497 e. The van der Waals surface area contributed by atoms with Gasteiger partial charge in [-0.25, -0.2) is 8.42 Å². The zero-order valence-electron chi connectivity index (χ0n) is 21.4. The van der Waals surface area contributed by atoms with Gasteiger partial charge in [0.2, 0.25) is 21.8 Å². The standard InChI is InChI=1S/C25H34ClN3O6S/c1-7-17(2)27-25(31)18(3)28(15-19-8-10-20(26)11-9-19)24(30)16-29(36(6,32)33)22-14-21(34-4)12-13-23(22)35-5/h8-14,17-18H,7,15-16H2,1-6H3,(H,27,31). The van der Waals surface area contributed by atoms with Crippen molar-refractivity contribution in [2.24, 2.45) is 0 Å². The predicted octanol–water partition coefficient (Wildman–Crippen LogP) is 3.46. The van der Waals surface area contributed by atoms with E-state index in [4.69, 9.17) is 21.1 Å². The van der Waals surface area contributed by atoms with Crippen molar-refractivity contribution < 1.29 is 27.5 Å². The summed E-state index contributed by atoms with van der Waals surface area (Å²) in [5, 5.41) is 3.42. The van der Waals surface area contributed by atoms with Gasteiger partial charge in [0.15, 0.2) is 0 Å². The van der Waals surface area contributed by atoms with E-state index in [1.54, 1.807) is 43.3 Å². The molecule has 36 heavy (non-hydrogen) atoms. The van der Waals surface area contributed by atoms with Gasteiger partial charge in [0.25, 0.3) is 0 Å². The van der Waals surface area contributed by atoms with E-state index in [1.165, 1.54) is 25.2 Å². The monoisotopic (exact) mass is 539 g/mol. The number of methoxy groups -OCH3 is 2. The number of anilines is 1. The van der Waals surface area contributed by atoms with Crippen LogP contribution in [0.5, 0.6) is 11.5 Å². The Morgan fingerprint density at radius 3 is 2.22 bits per heavy atom. The highest BCUT2D eigenvalue weighted by Crippen LogP contribution is 2.34. The van der Waals surface area contributed by atoms with Gasteiger partial charge in [0.05, 0.1) is 26.2 Å². The highest BCUT2D eigenvalue weighted by Gasteiger charge is 2.31. The summed E-state index contributed by atoms with van der Waals surface area (Å²) in [7, 11) is -1.06. The largest absolute Gasteiger partial charge is 0.497 e. The molecular formula is C25H34ClN3O6S. The fourth-order valence-electron chi connectivity index (χ4n) is 3.42. The Morgan fingerprint density at radius 2 is 1.69 bits per heavy atom. The average Bonchev–Trinajstić information content (AvgIpc) is 2.85. The number of hydrogen-bond donors (Lipinski definition) is 1. The Labute approximate surface area is 218 Å². The quantitative estimate of drug-likeness (QED) is 0.443. The van der Waals surface area contributed by atoms with Crippen LogP contribution in [0.1, 0.15) is 32.8 Å². The molecule has 9 nitrogen and oxygen atoms in total. The molecule has 1 N–H and O–H groups in total. The lowest BCUT2D eigenvalue weighted by molar-refractivity contribution is -0.139. The van der Waals surface area contributed by atoms with Gasteiger partial charge >= 0.3 is 0 Å². The fourth-order valence-corrected chi connectivity index (χ4v) is 4.39. The molecule has 2 amide bonds. The molecule has 2 atom stereocenters. The summed E-state index contributed by atoms with van der Waals surface area (Å²) in [6, 6.07) is 10.6. The van der Waals surface area contributed by atoms with Crippen molar-refractivity contribution in [3.05, 3.63) is 53.1 Å². The SMILES string of the molecule is CCC(C)NC(=O)C(C)N(Cc1ccc(Cl)cc1)C(=O)CN(c1cc(OC)ccc1OC)S(C)(=O)=O. The van der Waals surface area contributed by atoms with E-state index in [0.717, 1.165) is 22.5 Å². The molecule has 0 radical (unpaired) electrons. The van der Waals surface area contributed by atoms with Crippen LogP contribution in [-0.2, 0) is 26.2 Å². The van der Waals surface area contributed by atoms with Crippen molar-refractivity contribution in [3.8, 4) is 11.5 Å². The number of carbonyl (C=O) groups excluding carboxylic acids is 2. The molecule has 0 heterocycles. The number of ether oxygens (including phenoxy) is 2. The highest BCUT2D eigenvalue weighted by molar-refractivity contribution is 7.92. The Kier molecular flexibility index (Phi) is 10.4. The van der Waals surface area contributed by atoms with E-state index in [2.05, 4.69) is 5.32 Å². The van der Waals surface area contributed by atoms with Gasteiger partial charge in [-0.15, -0.1) is 0 Å². The molecule has 198 valence electrons. The zero-order valence-corrected chi connectivity index (χ0v) is 23.0. The normalized spacial score (nSPS) is 12.9. The van der Waals surface area contributed by atoms with Crippen LogP contribution < -0.4 is 19.1 Å². The lowest BCUT2D eigenvalue weighted by atomic mass is 10.1. The van der Waals surface area contributed by atoms with Crippen molar-refractivity contribution in [2.45, 2.75) is 45.8 Å². The summed E-state index contributed by atoms with van der Waals surface area (Å²) in [6.45, 7) is 4.96. The van der Waals surface area contributed by atoms with E-state index in [0.29, 0.717) is 10.8 Å². The molecule has 0 aromatic heterocycles. The number of rotatable bonds is 12. The lowest BCUT2D eigenvalue weighted by Gasteiger charge is -2.32. The van der Waals surface area contributed by atoms with Crippen LogP contribution in [0.25, 0.3) is 0 Å². The molecule has 0 saturated heterocycles. The van der Waals surface area contributed by atoms with Gasteiger partial charge in [0, 0.05) is 23.7 Å². The third-order valence-electron chi connectivity index (χ3n) is 5.77. The van der Waals surface area contributed by atoms with Crippen LogP contribution in [0.3, 0.4) is 0 Å². The molecule has 2 rings (SSSR count). The van der Waals surface area contributed by atoms with Crippen LogP contribution >= 0.6 is 11.6 Å². The Balaban J connectivity index is 2.47. The Bertz CT molecular complexity index is 1160. The predicted molar refractivity (Wildman–Crippen MR) is 141 cm³/mol. The maximum absolute atomic E-state index is 13.6.